The zero-order chi connectivity index (χ0) is 13.1. The Morgan fingerprint density at radius 2 is 2.28 bits per heavy atom. The van der Waals surface area contributed by atoms with Crippen molar-refractivity contribution in [1.82, 2.24) is 15.1 Å². The number of carbonyl (C=O) groups excluding carboxylic acids is 2. The quantitative estimate of drug-likeness (QED) is 0.836. The summed E-state index contributed by atoms with van der Waals surface area (Å²) >= 11 is 1.41. The maximum atomic E-state index is 12.3. The Bertz CT molecular complexity index is 431. The van der Waals surface area contributed by atoms with E-state index in [0.29, 0.717) is 18.0 Å². The summed E-state index contributed by atoms with van der Waals surface area (Å²) in [6.07, 6.45) is 0. The van der Waals surface area contributed by atoms with E-state index in [9.17, 15) is 9.59 Å². The van der Waals surface area contributed by atoms with Crippen LogP contribution in [0, 0.1) is 0 Å². The van der Waals surface area contributed by atoms with Crippen molar-refractivity contribution in [1.29, 1.82) is 0 Å². The average Bonchev–Trinajstić information content (AvgIpc) is 2.90. The van der Waals surface area contributed by atoms with Crippen molar-refractivity contribution in [3.8, 4) is 0 Å². The van der Waals surface area contributed by atoms with Crippen LogP contribution in [0.25, 0.3) is 0 Å². The molecule has 1 aromatic heterocycles. The highest BCUT2D eigenvalue weighted by Crippen LogP contribution is 2.16. The smallest absolute Gasteiger partial charge is 0.264 e. The number of carbonyl (C=O) groups is 2. The first-order valence-electron chi connectivity index (χ1n) is 5.87. The molecule has 98 valence electrons. The van der Waals surface area contributed by atoms with Gasteiger partial charge in [0.2, 0.25) is 5.91 Å². The third-order valence-electron chi connectivity index (χ3n) is 2.96. The van der Waals surface area contributed by atoms with Gasteiger partial charge < -0.3 is 15.1 Å². The van der Waals surface area contributed by atoms with Gasteiger partial charge in [0.05, 0.1) is 4.88 Å². The van der Waals surface area contributed by atoms with Gasteiger partial charge in [0.25, 0.3) is 5.91 Å². The van der Waals surface area contributed by atoms with E-state index >= 15 is 0 Å². The predicted molar refractivity (Wildman–Crippen MR) is 70.7 cm³/mol. The molecule has 1 N–H and O–H groups in total. The van der Waals surface area contributed by atoms with Gasteiger partial charge in [-0.15, -0.1) is 11.3 Å². The minimum Gasteiger partial charge on any atom is -0.347 e. The van der Waals surface area contributed by atoms with Gasteiger partial charge in [0.15, 0.2) is 0 Å². The van der Waals surface area contributed by atoms with Gasteiger partial charge in [-0.3, -0.25) is 9.59 Å². The second-order valence-corrected chi connectivity index (χ2v) is 5.38. The van der Waals surface area contributed by atoms with Crippen LogP contribution in [-0.2, 0) is 4.79 Å². The summed E-state index contributed by atoms with van der Waals surface area (Å²) in [7, 11) is 3.43. The molecule has 0 bridgehead atoms. The Hall–Kier alpha value is -1.40. The predicted octanol–water partition coefficient (Wildman–Crippen LogP) is 0.250. The highest BCUT2D eigenvalue weighted by Gasteiger charge is 2.33. The van der Waals surface area contributed by atoms with E-state index in [4.69, 9.17) is 0 Å². The lowest BCUT2D eigenvalue weighted by Crippen LogP contribution is -2.59. The Kier molecular flexibility index (Phi) is 3.98. The number of piperazine rings is 1. The SMILES string of the molecule is CN(C)C(=O)C1CNCCN1C(=O)c1cccs1. The normalized spacial score (nSPS) is 19.7. The molecule has 0 spiro atoms. The van der Waals surface area contributed by atoms with Crippen LogP contribution in [0.2, 0.25) is 0 Å². The first-order valence-corrected chi connectivity index (χ1v) is 6.75. The number of nitrogens with one attached hydrogen (secondary N) is 1. The van der Waals surface area contributed by atoms with Gasteiger partial charge in [-0.2, -0.15) is 0 Å². The summed E-state index contributed by atoms with van der Waals surface area (Å²) in [5.74, 6) is -0.0844. The van der Waals surface area contributed by atoms with Gasteiger partial charge in [-0.25, -0.2) is 0 Å². The van der Waals surface area contributed by atoms with Crippen LogP contribution in [0.4, 0.5) is 0 Å². The maximum absolute atomic E-state index is 12.3. The average molecular weight is 267 g/mol. The van der Waals surface area contributed by atoms with E-state index < -0.39 is 6.04 Å². The molecule has 1 aliphatic rings. The van der Waals surface area contributed by atoms with Gasteiger partial charge in [-0.1, -0.05) is 6.07 Å². The lowest BCUT2D eigenvalue weighted by molar-refractivity contribution is -0.134. The zero-order valence-corrected chi connectivity index (χ0v) is 11.4. The lowest BCUT2D eigenvalue weighted by Gasteiger charge is -2.36. The fraction of sp³-hybridized carbons (Fsp3) is 0.500. The van der Waals surface area contributed by atoms with E-state index in [1.54, 1.807) is 25.1 Å². The molecule has 1 atom stereocenters. The molecule has 1 unspecified atom stereocenters. The second kappa shape index (κ2) is 5.49. The van der Waals surface area contributed by atoms with Crippen LogP contribution in [0.15, 0.2) is 17.5 Å². The highest BCUT2D eigenvalue weighted by atomic mass is 32.1. The van der Waals surface area contributed by atoms with Crippen LogP contribution >= 0.6 is 11.3 Å². The van der Waals surface area contributed by atoms with E-state index in [1.807, 2.05) is 11.4 Å². The van der Waals surface area contributed by atoms with Gasteiger partial charge >= 0.3 is 0 Å². The summed E-state index contributed by atoms with van der Waals surface area (Å²) in [6.45, 7) is 1.82. The molecule has 1 aliphatic heterocycles. The number of amides is 2. The first-order chi connectivity index (χ1) is 8.61. The fourth-order valence-corrected chi connectivity index (χ4v) is 2.69. The van der Waals surface area contributed by atoms with Crippen molar-refractivity contribution in [2.75, 3.05) is 33.7 Å². The van der Waals surface area contributed by atoms with E-state index in [0.717, 1.165) is 6.54 Å². The van der Waals surface area contributed by atoms with Crippen LogP contribution in [-0.4, -0.2) is 61.4 Å². The molecular weight excluding hydrogens is 250 g/mol. The molecule has 0 radical (unpaired) electrons. The molecule has 0 aromatic carbocycles. The Morgan fingerprint density at radius 3 is 2.89 bits per heavy atom. The molecule has 18 heavy (non-hydrogen) atoms. The number of rotatable bonds is 2. The maximum Gasteiger partial charge on any atom is 0.264 e. The Morgan fingerprint density at radius 1 is 1.50 bits per heavy atom. The van der Waals surface area contributed by atoms with Gasteiger partial charge in [0.1, 0.15) is 6.04 Å². The molecule has 0 saturated carbocycles. The minimum absolute atomic E-state index is 0.0351. The molecule has 1 fully saturated rings. The molecular formula is C12H17N3O2S. The summed E-state index contributed by atoms with van der Waals surface area (Å²) in [5.41, 5.74) is 0. The Labute approximate surface area is 110 Å². The number of nitrogens with zero attached hydrogens (tertiary/aromatic N) is 2. The molecule has 2 heterocycles. The molecule has 1 aromatic rings. The van der Waals surface area contributed by atoms with Crippen molar-refractivity contribution < 1.29 is 9.59 Å². The summed E-state index contributed by atoms with van der Waals surface area (Å²) < 4.78 is 0. The van der Waals surface area contributed by atoms with Crippen molar-refractivity contribution in [3.63, 3.8) is 0 Å². The molecule has 2 amide bonds. The Balaban J connectivity index is 2.18. The highest BCUT2D eigenvalue weighted by molar-refractivity contribution is 7.12. The number of likely N-dealkylation sites (N-methyl/N-ethyl adjacent to an activating group) is 1. The second-order valence-electron chi connectivity index (χ2n) is 4.43. The zero-order valence-electron chi connectivity index (χ0n) is 10.5. The number of hydrogen-bond acceptors (Lipinski definition) is 4. The van der Waals surface area contributed by atoms with E-state index in [-0.39, 0.29) is 11.8 Å². The van der Waals surface area contributed by atoms with Crippen LogP contribution < -0.4 is 5.32 Å². The van der Waals surface area contributed by atoms with Crippen molar-refractivity contribution in [2.45, 2.75) is 6.04 Å². The number of hydrogen-bond donors (Lipinski definition) is 1. The topological polar surface area (TPSA) is 52.7 Å². The third-order valence-corrected chi connectivity index (χ3v) is 3.82. The first kappa shape index (κ1) is 13.0. The van der Waals surface area contributed by atoms with Crippen molar-refractivity contribution >= 4 is 23.2 Å². The third kappa shape index (κ3) is 2.54. The summed E-state index contributed by atoms with van der Waals surface area (Å²) in [5, 5.41) is 5.04. The van der Waals surface area contributed by atoms with Gasteiger partial charge in [-0.05, 0) is 11.4 Å². The van der Waals surface area contributed by atoms with Crippen molar-refractivity contribution in [3.05, 3.63) is 22.4 Å². The lowest BCUT2D eigenvalue weighted by atomic mass is 10.1. The van der Waals surface area contributed by atoms with Crippen molar-refractivity contribution in [2.24, 2.45) is 0 Å². The minimum atomic E-state index is -0.400. The van der Waals surface area contributed by atoms with Crippen LogP contribution in [0.1, 0.15) is 9.67 Å². The molecule has 1 saturated heterocycles. The number of thiophene rings is 1. The largest absolute Gasteiger partial charge is 0.347 e. The van der Waals surface area contributed by atoms with E-state index in [1.165, 1.54) is 16.2 Å². The summed E-state index contributed by atoms with van der Waals surface area (Å²) in [6, 6.07) is 3.25. The standard InChI is InChI=1S/C12H17N3O2S/c1-14(2)11(16)9-8-13-5-6-15(9)12(17)10-4-3-7-18-10/h3-4,7,9,13H,5-6,8H2,1-2H3. The van der Waals surface area contributed by atoms with Crippen LogP contribution in [0.3, 0.4) is 0 Å². The molecule has 6 heteroatoms. The van der Waals surface area contributed by atoms with Gasteiger partial charge in [0, 0.05) is 33.7 Å². The molecule has 0 aliphatic carbocycles. The summed E-state index contributed by atoms with van der Waals surface area (Å²) in [4.78, 5) is 28.3. The molecule has 2 rings (SSSR count). The monoisotopic (exact) mass is 267 g/mol. The molecule has 5 nitrogen and oxygen atoms in total. The van der Waals surface area contributed by atoms with Crippen LogP contribution in [0.5, 0.6) is 0 Å². The van der Waals surface area contributed by atoms with E-state index in [2.05, 4.69) is 5.32 Å². The fourth-order valence-electron chi connectivity index (χ4n) is 2.01.